The molecule has 0 atom stereocenters. The van der Waals surface area contributed by atoms with E-state index in [4.69, 9.17) is 5.11 Å². The molecule has 1 aromatic rings. The fourth-order valence-electron chi connectivity index (χ4n) is 1.04. The first-order valence-electron chi connectivity index (χ1n) is 4.76. The first kappa shape index (κ1) is 16.6. The minimum absolute atomic E-state index is 0.177. The fraction of sp³-hybridized carbons (Fsp3) is 0.625. The Morgan fingerprint density at radius 2 is 1.60 bits per heavy atom. The highest BCUT2D eigenvalue weighted by Crippen LogP contribution is 2.51. The molecule has 1 heterocycles. The highest BCUT2D eigenvalue weighted by atomic mass is 32.1. The second-order valence-electron chi connectivity index (χ2n) is 3.67. The zero-order valence-electron chi connectivity index (χ0n) is 9.87. The van der Waals surface area contributed by atoms with Crippen LogP contribution in [-0.2, 0) is 10.4 Å². The van der Waals surface area contributed by atoms with E-state index < -0.39 is 34.0 Å². The van der Waals surface area contributed by atoms with Gasteiger partial charge in [0.25, 0.3) is 0 Å². The molecular weight excluding hydrogens is 316 g/mol. The number of carbonyl (C=O) groups excluding carboxylic acids is 1. The summed E-state index contributed by atoms with van der Waals surface area (Å²) < 4.78 is 75.3. The Morgan fingerprint density at radius 1 is 1.15 bits per heavy atom. The van der Waals surface area contributed by atoms with Gasteiger partial charge in [-0.05, 0) is 0 Å². The second kappa shape index (κ2) is 4.84. The normalized spacial score (nSPS) is 13.4. The number of halogens is 6. The summed E-state index contributed by atoms with van der Waals surface area (Å²) in [6, 6.07) is 0. The van der Waals surface area contributed by atoms with Gasteiger partial charge in [-0.3, -0.25) is 9.69 Å². The molecule has 1 amide bonds. The molecule has 1 rings (SSSR count). The van der Waals surface area contributed by atoms with Crippen molar-refractivity contribution < 1.29 is 36.2 Å². The molecule has 0 saturated carbocycles. The van der Waals surface area contributed by atoms with Crippen molar-refractivity contribution in [3.63, 3.8) is 0 Å². The molecule has 0 aromatic carbocycles. The van der Waals surface area contributed by atoms with Gasteiger partial charge in [0.15, 0.2) is 5.01 Å². The molecule has 0 unspecified atom stereocenters. The number of amides is 1. The van der Waals surface area contributed by atoms with Crippen LogP contribution in [0.4, 0.5) is 31.5 Å². The number of carbonyl (C=O) groups is 1. The van der Waals surface area contributed by atoms with E-state index in [1.165, 1.54) is 0 Å². The van der Waals surface area contributed by atoms with Gasteiger partial charge in [-0.1, -0.05) is 11.3 Å². The maximum atomic E-state index is 12.5. The van der Waals surface area contributed by atoms with Gasteiger partial charge in [0, 0.05) is 14.0 Å². The van der Waals surface area contributed by atoms with Crippen LogP contribution >= 0.6 is 11.3 Å². The van der Waals surface area contributed by atoms with E-state index in [-0.39, 0.29) is 11.3 Å². The average Bonchev–Trinajstić information content (AvgIpc) is 2.72. The highest BCUT2D eigenvalue weighted by Gasteiger charge is 2.73. The highest BCUT2D eigenvalue weighted by molar-refractivity contribution is 7.15. The maximum absolute atomic E-state index is 12.5. The first-order valence-corrected chi connectivity index (χ1v) is 5.58. The summed E-state index contributed by atoms with van der Waals surface area (Å²) in [6.45, 7) is 1.03. The zero-order valence-corrected chi connectivity index (χ0v) is 10.7. The SMILES string of the molecule is CC(=O)N(C)c1nnc(C(O)(C(F)(F)F)C(F)(F)F)s1. The van der Waals surface area contributed by atoms with Crippen LogP contribution < -0.4 is 4.90 Å². The van der Waals surface area contributed by atoms with Crippen LogP contribution in [0.15, 0.2) is 0 Å². The largest absolute Gasteiger partial charge is 0.433 e. The van der Waals surface area contributed by atoms with Crippen molar-refractivity contribution in [2.24, 2.45) is 0 Å². The molecule has 0 spiro atoms. The van der Waals surface area contributed by atoms with Crippen LogP contribution in [0.5, 0.6) is 0 Å². The Hall–Kier alpha value is -1.43. The summed E-state index contributed by atoms with van der Waals surface area (Å²) in [5.41, 5.74) is -5.13. The third-order valence-electron chi connectivity index (χ3n) is 2.30. The lowest BCUT2D eigenvalue weighted by atomic mass is 10.0. The molecule has 1 aromatic heterocycles. The van der Waals surface area contributed by atoms with E-state index in [0.717, 1.165) is 14.0 Å². The summed E-state index contributed by atoms with van der Waals surface area (Å²) >= 11 is -0.177. The summed E-state index contributed by atoms with van der Waals surface area (Å²) in [6.07, 6.45) is -12.1. The molecule has 0 bridgehead atoms. The fourth-order valence-corrected chi connectivity index (χ4v) is 2.02. The average molecular weight is 323 g/mol. The van der Waals surface area contributed by atoms with Crippen molar-refractivity contribution in [1.82, 2.24) is 10.2 Å². The zero-order chi connectivity index (χ0) is 15.9. The first-order chi connectivity index (χ1) is 8.82. The molecule has 5 nitrogen and oxygen atoms in total. The summed E-state index contributed by atoms with van der Waals surface area (Å²) in [5.74, 6) is -0.671. The predicted molar refractivity (Wildman–Crippen MR) is 55.0 cm³/mol. The molecule has 0 aliphatic rings. The van der Waals surface area contributed by atoms with Gasteiger partial charge in [-0.2, -0.15) is 26.3 Å². The molecule has 0 aliphatic carbocycles. The van der Waals surface area contributed by atoms with Crippen LogP contribution in [0.1, 0.15) is 11.9 Å². The van der Waals surface area contributed by atoms with Crippen LogP contribution in [-0.4, -0.2) is 40.6 Å². The summed E-state index contributed by atoms with van der Waals surface area (Å²) in [7, 11) is 1.09. The monoisotopic (exact) mass is 323 g/mol. The number of hydrogen-bond acceptors (Lipinski definition) is 5. The Kier molecular flexibility index (Phi) is 4.02. The minimum atomic E-state index is -6.03. The van der Waals surface area contributed by atoms with E-state index in [1.807, 2.05) is 0 Å². The van der Waals surface area contributed by atoms with Crippen molar-refractivity contribution in [2.75, 3.05) is 11.9 Å². The molecule has 114 valence electrons. The van der Waals surface area contributed by atoms with Crippen LogP contribution in [0.3, 0.4) is 0 Å². The van der Waals surface area contributed by atoms with Crippen LogP contribution in [0, 0.1) is 0 Å². The van der Waals surface area contributed by atoms with Gasteiger partial charge in [0.2, 0.25) is 11.0 Å². The van der Waals surface area contributed by atoms with E-state index >= 15 is 0 Å². The third kappa shape index (κ3) is 2.57. The van der Waals surface area contributed by atoms with Crippen LogP contribution in [0.2, 0.25) is 0 Å². The van der Waals surface area contributed by atoms with Gasteiger partial charge in [-0.25, -0.2) is 0 Å². The van der Waals surface area contributed by atoms with E-state index in [9.17, 15) is 31.1 Å². The summed E-state index contributed by atoms with van der Waals surface area (Å²) in [5, 5.41) is 12.6. The number of nitrogens with zero attached hydrogens (tertiary/aromatic N) is 3. The standard InChI is InChI=1S/C8H7F6N3O2S/c1-3(18)17(2)5-16-15-4(20-5)6(19,7(9,10)11)8(12,13)14/h19H,1-2H3. The summed E-state index contributed by atoms with van der Waals surface area (Å²) in [4.78, 5) is 11.7. The van der Waals surface area contributed by atoms with E-state index in [1.54, 1.807) is 0 Å². The molecule has 0 saturated heterocycles. The van der Waals surface area contributed by atoms with Gasteiger partial charge in [-0.15, -0.1) is 10.2 Å². The molecule has 0 aliphatic heterocycles. The lowest BCUT2D eigenvalue weighted by Gasteiger charge is -2.29. The van der Waals surface area contributed by atoms with Crippen molar-refractivity contribution in [2.45, 2.75) is 24.9 Å². The third-order valence-corrected chi connectivity index (χ3v) is 3.41. The van der Waals surface area contributed by atoms with Crippen molar-refractivity contribution in [3.05, 3.63) is 5.01 Å². The van der Waals surface area contributed by atoms with E-state index in [0.29, 0.717) is 4.90 Å². The van der Waals surface area contributed by atoms with Gasteiger partial charge < -0.3 is 5.11 Å². The van der Waals surface area contributed by atoms with Crippen molar-refractivity contribution in [3.8, 4) is 0 Å². The van der Waals surface area contributed by atoms with Crippen molar-refractivity contribution in [1.29, 1.82) is 0 Å². The smallest absolute Gasteiger partial charge is 0.368 e. The number of hydrogen-bond donors (Lipinski definition) is 1. The van der Waals surface area contributed by atoms with Gasteiger partial charge in [0.05, 0.1) is 0 Å². The van der Waals surface area contributed by atoms with Crippen molar-refractivity contribution >= 4 is 22.4 Å². The molecule has 0 fully saturated rings. The Bertz CT molecular complexity index is 497. The number of aromatic nitrogens is 2. The number of aliphatic hydroxyl groups is 1. The predicted octanol–water partition coefficient (Wildman–Crippen LogP) is 1.83. The van der Waals surface area contributed by atoms with Gasteiger partial charge >= 0.3 is 18.0 Å². The Morgan fingerprint density at radius 3 is 1.95 bits per heavy atom. The lowest BCUT2D eigenvalue weighted by molar-refractivity contribution is -0.376. The number of alkyl halides is 6. The molecule has 0 radical (unpaired) electrons. The van der Waals surface area contributed by atoms with Crippen LogP contribution in [0.25, 0.3) is 0 Å². The number of rotatable bonds is 2. The molecule has 20 heavy (non-hydrogen) atoms. The quantitative estimate of drug-likeness (QED) is 0.844. The Labute approximate surface area is 111 Å². The number of anilines is 1. The van der Waals surface area contributed by atoms with Gasteiger partial charge in [0.1, 0.15) is 0 Å². The topological polar surface area (TPSA) is 66.3 Å². The molecular formula is C8H7F6N3O2S. The molecule has 12 heteroatoms. The second-order valence-corrected chi connectivity index (χ2v) is 4.63. The van der Waals surface area contributed by atoms with E-state index in [2.05, 4.69) is 10.2 Å². The minimum Gasteiger partial charge on any atom is -0.368 e. The molecule has 1 N–H and O–H groups in total. The lowest BCUT2D eigenvalue weighted by Crippen LogP contribution is -2.53. The Balaban J connectivity index is 3.36. The maximum Gasteiger partial charge on any atom is 0.433 e.